The molecular formula is C23H30N6S. The summed E-state index contributed by atoms with van der Waals surface area (Å²) in [5.74, 6) is 2.00. The molecule has 158 valence electrons. The van der Waals surface area contributed by atoms with E-state index in [0.29, 0.717) is 6.04 Å². The van der Waals surface area contributed by atoms with E-state index in [0.717, 1.165) is 57.3 Å². The molecule has 0 radical (unpaired) electrons. The highest BCUT2D eigenvalue weighted by atomic mass is 32.1. The van der Waals surface area contributed by atoms with Crippen LogP contribution in [0.15, 0.2) is 36.0 Å². The first-order valence-electron chi connectivity index (χ1n) is 10.9. The van der Waals surface area contributed by atoms with Gasteiger partial charge in [-0.3, -0.25) is 4.90 Å². The van der Waals surface area contributed by atoms with Crippen molar-refractivity contribution < 1.29 is 0 Å². The summed E-state index contributed by atoms with van der Waals surface area (Å²) in [6.07, 6.45) is 5.85. The average molecular weight is 423 g/mol. The Hall–Kier alpha value is -2.25. The first kappa shape index (κ1) is 19.7. The largest absolute Gasteiger partial charge is 0.341 e. The summed E-state index contributed by atoms with van der Waals surface area (Å²) in [6.45, 7) is 11.8. The van der Waals surface area contributed by atoms with Gasteiger partial charge < -0.3 is 9.47 Å². The maximum Gasteiger partial charge on any atom is 0.225 e. The number of aryl methyl sites for hydroxylation is 1. The summed E-state index contributed by atoms with van der Waals surface area (Å²) in [5, 5.41) is 2.18. The van der Waals surface area contributed by atoms with Crippen molar-refractivity contribution in [2.24, 2.45) is 0 Å². The van der Waals surface area contributed by atoms with E-state index < -0.39 is 0 Å². The minimum Gasteiger partial charge on any atom is -0.341 e. The van der Waals surface area contributed by atoms with Crippen LogP contribution in [-0.4, -0.2) is 44.1 Å². The van der Waals surface area contributed by atoms with Gasteiger partial charge in [0.15, 0.2) is 0 Å². The van der Waals surface area contributed by atoms with Crippen molar-refractivity contribution in [3.05, 3.63) is 58.1 Å². The van der Waals surface area contributed by atoms with Crippen LogP contribution in [0.1, 0.15) is 54.8 Å². The Morgan fingerprint density at radius 1 is 1.13 bits per heavy atom. The van der Waals surface area contributed by atoms with Gasteiger partial charge in [-0.15, -0.1) is 11.3 Å². The number of hydrogen-bond acceptors (Lipinski definition) is 6. The van der Waals surface area contributed by atoms with Gasteiger partial charge in [-0.25, -0.2) is 15.0 Å². The van der Waals surface area contributed by atoms with Crippen molar-refractivity contribution in [3.8, 4) is 0 Å². The summed E-state index contributed by atoms with van der Waals surface area (Å²) >= 11 is 1.86. The highest BCUT2D eigenvalue weighted by molar-refractivity contribution is 7.09. The quantitative estimate of drug-likeness (QED) is 0.631. The molecule has 3 aromatic rings. The summed E-state index contributed by atoms with van der Waals surface area (Å²) in [5.41, 5.74) is 2.89. The van der Waals surface area contributed by atoms with Crippen molar-refractivity contribution >= 4 is 17.3 Å². The minimum absolute atomic E-state index is 0.112. The molecule has 1 spiro atoms. The number of anilines is 1. The molecule has 0 saturated carbocycles. The van der Waals surface area contributed by atoms with E-state index in [-0.39, 0.29) is 5.41 Å². The van der Waals surface area contributed by atoms with Crippen LogP contribution in [0, 0.1) is 6.92 Å². The van der Waals surface area contributed by atoms with Crippen molar-refractivity contribution in [3.63, 3.8) is 0 Å². The average Bonchev–Trinajstić information content (AvgIpc) is 3.37. The highest BCUT2D eigenvalue weighted by Crippen LogP contribution is 2.43. The van der Waals surface area contributed by atoms with E-state index >= 15 is 0 Å². The second-order valence-corrected chi connectivity index (χ2v) is 9.99. The summed E-state index contributed by atoms with van der Waals surface area (Å²) in [6, 6.07) is 6.73. The third kappa shape index (κ3) is 3.44. The highest BCUT2D eigenvalue weighted by Gasteiger charge is 2.45. The molecule has 5 heterocycles. The van der Waals surface area contributed by atoms with E-state index in [1.807, 2.05) is 29.8 Å². The third-order valence-corrected chi connectivity index (χ3v) is 7.48. The fraction of sp³-hybridized carbons (Fsp3) is 0.522. The number of thiophene rings is 1. The molecule has 30 heavy (non-hydrogen) atoms. The molecule has 0 aliphatic carbocycles. The van der Waals surface area contributed by atoms with Crippen LogP contribution >= 0.6 is 11.3 Å². The van der Waals surface area contributed by atoms with Crippen molar-refractivity contribution in [2.45, 2.75) is 58.2 Å². The van der Waals surface area contributed by atoms with E-state index in [2.05, 4.69) is 62.6 Å². The minimum atomic E-state index is 0.112. The monoisotopic (exact) mass is 422 g/mol. The van der Waals surface area contributed by atoms with Crippen LogP contribution in [0.3, 0.4) is 0 Å². The van der Waals surface area contributed by atoms with Gasteiger partial charge in [-0.2, -0.15) is 0 Å². The van der Waals surface area contributed by atoms with Crippen LogP contribution in [0.2, 0.25) is 0 Å². The number of rotatable bonds is 4. The van der Waals surface area contributed by atoms with Crippen molar-refractivity contribution in [1.29, 1.82) is 0 Å². The fourth-order valence-electron chi connectivity index (χ4n) is 5.34. The lowest BCUT2D eigenvalue weighted by atomic mass is 9.72. The first-order valence-corrected chi connectivity index (χ1v) is 11.8. The second kappa shape index (κ2) is 7.78. The SMILES string of the molecule is Cc1nc2c(n1C(C)C)CN(Cc1cccs1)CC21CCN(c2ncccn2)CC1. The number of fused-ring (bicyclic) bond motifs is 2. The van der Waals surface area contributed by atoms with Gasteiger partial charge in [0.2, 0.25) is 5.95 Å². The molecule has 6 nitrogen and oxygen atoms in total. The molecule has 7 heteroatoms. The molecule has 1 saturated heterocycles. The summed E-state index contributed by atoms with van der Waals surface area (Å²) < 4.78 is 2.46. The molecule has 2 aliphatic heterocycles. The maximum atomic E-state index is 5.17. The predicted octanol–water partition coefficient (Wildman–Crippen LogP) is 4.18. The molecule has 2 aliphatic rings. The van der Waals surface area contributed by atoms with Crippen LogP contribution < -0.4 is 4.90 Å². The van der Waals surface area contributed by atoms with Crippen LogP contribution in [0.4, 0.5) is 5.95 Å². The lowest BCUT2D eigenvalue weighted by Gasteiger charge is -2.47. The van der Waals surface area contributed by atoms with E-state index in [1.165, 1.54) is 16.3 Å². The lowest BCUT2D eigenvalue weighted by Crippen LogP contribution is -2.52. The number of hydrogen-bond donors (Lipinski definition) is 0. The zero-order chi connectivity index (χ0) is 20.7. The van der Waals surface area contributed by atoms with Crippen LogP contribution in [0.5, 0.6) is 0 Å². The van der Waals surface area contributed by atoms with Crippen molar-refractivity contribution in [2.75, 3.05) is 24.5 Å². The van der Waals surface area contributed by atoms with Gasteiger partial charge in [-0.1, -0.05) is 6.07 Å². The van der Waals surface area contributed by atoms with Crippen LogP contribution in [-0.2, 0) is 18.5 Å². The van der Waals surface area contributed by atoms with Gasteiger partial charge in [0.25, 0.3) is 0 Å². The second-order valence-electron chi connectivity index (χ2n) is 8.96. The lowest BCUT2D eigenvalue weighted by molar-refractivity contribution is 0.139. The van der Waals surface area contributed by atoms with Gasteiger partial charge in [-0.05, 0) is 51.1 Å². The van der Waals surface area contributed by atoms with Gasteiger partial charge in [0, 0.05) is 61.5 Å². The topological polar surface area (TPSA) is 50.1 Å². The smallest absolute Gasteiger partial charge is 0.225 e. The Morgan fingerprint density at radius 3 is 2.57 bits per heavy atom. The van der Waals surface area contributed by atoms with E-state index in [9.17, 15) is 0 Å². The Bertz CT molecular complexity index is 986. The summed E-state index contributed by atoms with van der Waals surface area (Å²) in [7, 11) is 0. The number of aromatic nitrogens is 4. The molecule has 1 fully saturated rings. The third-order valence-electron chi connectivity index (χ3n) is 6.62. The molecule has 5 rings (SSSR count). The first-order chi connectivity index (χ1) is 14.6. The normalized spacial score (nSPS) is 18.9. The standard InChI is InChI=1S/C23H30N6S/c1-17(2)29-18(3)26-21-20(29)15-27(14-19-6-4-13-30-19)16-23(21)7-11-28(12-8-23)22-24-9-5-10-25-22/h4-6,9-10,13,17H,7-8,11-12,14-16H2,1-3H3. The number of nitrogens with zero attached hydrogens (tertiary/aromatic N) is 6. The van der Waals surface area contributed by atoms with Crippen molar-refractivity contribution in [1.82, 2.24) is 24.4 Å². The molecule has 0 unspecified atom stereocenters. The Morgan fingerprint density at radius 2 is 1.90 bits per heavy atom. The van der Waals surface area contributed by atoms with E-state index in [1.54, 1.807) is 0 Å². The Kier molecular flexibility index (Phi) is 5.11. The zero-order valence-electron chi connectivity index (χ0n) is 18.1. The maximum absolute atomic E-state index is 5.17. The number of imidazole rings is 1. The molecule has 0 aromatic carbocycles. The molecule has 3 aromatic heterocycles. The Labute approximate surface area is 182 Å². The Balaban J connectivity index is 1.47. The fourth-order valence-corrected chi connectivity index (χ4v) is 6.09. The molecular weight excluding hydrogens is 392 g/mol. The molecule has 0 N–H and O–H groups in total. The predicted molar refractivity (Wildman–Crippen MR) is 121 cm³/mol. The van der Waals surface area contributed by atoms with E-state index in [4.69, 9.17) is 4.98 Å². The molecule has 0 bridgehead atoms. The molecule has 0 atom stereocenters. The van der Waals surface area contributed by atoms with Gasteiger partial charge >= 0.3 is 0 Å². The molecule has 0 amide bonds. The summed E-state index contributed by atoms with van der Waals surface area (Å²) in [4.78, 5) is 20.5. The van der Waals surface area contributed by atoms with Gasteiger partial charge in [0.05, 0.1) is 11.4 Å². The van der Waals surface area contributed by atoms with Crippen LogP contribution in [0.25, 0.3) is 0 Å². The van der Waals surface area contributed by atoms with Gasteiger partial charge in [0.1, 0.15) is 5.82 Å². The number of piperidine rings is 1. The zero-order valence-corrected chi connectivity index (χ0v) is 18.9.